The lowest BCUT2D eigenvalue weighted by molar-refractivity contribution is 0.398. The van der Waals surface area contributed by atoms with E-state index in [-0.39, 0.29) is 10.8 Å². The molecule has 2 aromatic carbocycles. The molecule has 100 heavy (non-hydrogen) atoms. The zero-order valence-corrected chi connectivity index (χ0v) is 69.5. The average Bonchev–Trinajstić information content (AvgIpc) is 1.51. The van der Waals surface area contributed by atoms with Gasteiger partial charge in [0.05, 0.1) is 11.7 Å². The molecule has 0 atom stereocenters. The SMILES string of the molecule is CCCCCCCCCCCCCCCCCC1(CCCCCCCCCCCCCCCCC)c2cc(-c3ccc(C)c4nsnc34)sc2-c2sc3c4c(ccc3c21)-c1sc(C)cc1C4(CCCCCCCCCCCCCCCCC)CCCCCCCCCCCCCCCCC. The van der Waals surface area contributed by atoms with Crippen LogP contribution in [0.3, 0.4) is 0 Å². The first-order valence-electron chi connectivity index (χ1n) is 44.5. The summed E-state index contributed by atoms with van der Waals surface area (Å²) in [5.74, 6) is 0. The Kier molecular flexibility index (Phi) is 41.2. The molecule has 0 saturated carbocycles. The lowest BCUT2D eigenvalue weighted by Gasteiger charge is -2.34. The number of hydrogen-bond acceptors (Lipinski definition) is 6. The summed E-state index contributed by atoms with van der Waals surface area (Å²) in [4.78, 5) is 7.82. The van der Waals surface area contributed by atoms with Crippen LogP contribution >= 0.6 is 45.7 Å². The monoisotopic (exact) mass is 1440 g/mol. The summed E-state index contributed by atoms with van der Waals surface area (Å²) in [5.41, 5.74) is 13.4. The fourth-order valence-electron chi connectivity index (χ4n) is 18.5. The number of fused-ring (bicyclic) bond motifs is 10. The summed E-state index contributed by atoms with van der Waals surface area (Å²) in [5, 5.41) is 1.65. The van der Waals surface area contributed by atoms with E-state index in [0.717, 1.165) is 11.0 Å². The minimum atomic E-state index is 0.0221. The van der Waals surface area contributed by atoms with Crippen LogP contribution in [0.2, 0.25) is 0 Å². The van der Waals surface area contributed by atoms with E-state index in [2.05, 4.69) is 112 Å². The lowest BCUT2D eigenvalue weighted by Crippen LogP contribution is -2.26. The Balaban J connectivity index is 1.04. The molecule has 0 bridgehead atoms. The first-order valence-corrected chi connectivity index (χ1v) is 47.7. The molecule has 562 valence electrons. The van der Waals surface area contributed by atoms with Gasteiger partial charge in [0, 0.05) is 45.5 Å². The summed E-state index contributed by atoms with van der Waals surface area (Å²) < 4.78 is 11.6. The van der Waals surface area contributed by atoms with Gasteiger partial charge in [-0.25, -0.2) is 0 Å². The Morgan fingerprint density at radius 3 is 0.950 bits per heavy atom. The van der Waals surface area contributed by atoms with Crippen LogP contribution in [0.1, 0.15) is 471 Å². The Labute approximate surface area is 634 Å². The van der Waals surface area contributed by atoms with E-state index in [1.807, 2.05) is 0 Å². The molecule has 0 aliphatic heterocycles. The summed E-state index contributed by atoms with van der Waals surface area (Å²) in [6.07, 6.45) is 90.4. The quantitative estimate of drug-likeness (QED) is 0.0356. The van der Waals surface area contributed by atoms with Crippen LogP contribution in [0.25, 0.3) is 51.8 Å². The molecule has 8 rings (SSSR count). The van der Waals surface area contributed by atoms with E-state index >= 15 is 0 Å². The molecular formula is C94H152N2S4. The highest BCUT2D eigenvalue weighted by atomic mass is 32.1. The Bertz CT molecular complexity index is 3000. The van der Waals surface area contributed by atoms with Gasteiger partial charge in [-0.2, -0.15) is 8.75 Å². The zero-order chi connectivity index (χ0) is 70.0. The number of benzene rings is 2. The molecule has 0 unspecified atom stereocenters. The van der Waals surface area contributed by atoms with Crippen LogP contribution in [0.15, 0.2) is 36.4 Å². The largest absolute Gasteiger partial charge is 0.173 e. The summed E-state index contributed by atoms with van der Waals surface area (Å²) in [6, 6.07) is 15.6. The van der Waals surface area contributed by atoms with Crippen molar-refractivity contribution in [2.24, 2.45) is 0 Å². The van der Waals surface area contributed by atoms with Crippen LogP contribution in [0.5, 0.6) is 0 Å². The van der Waals surface area contributed by atoms with Gasteiger partial charge >= 0.3 is 0 Å². The second-order valence-electron chi connectivity index (χ2n) is 33.0. The van der Waals surface area contributed by atoms with E-state index in [0.29, 0.717) is 0 Å². The predicted octanol–water partition coefficient (Wildman–Crippen LogP) is 34.9. The van der Waals surface area contributed by atoms with Crippen molar-refractivity contribution in [1.82, 2.24) is 8.75 Å². The Morgan fingerprint density at radius 1 is 0.280 bits per heavy atom. The molecule has 6 heteroatoms. The molecule has 0 saturated heterocycles. The van der Waals surface area contributed by atoms with Crippen LogP contribution in [0, 0.1) is 13.8 Å². The van der Waals surface area contributed by atoms with E-state index in [9.17, 15) is 0 Å². The maximum absolute atomic E-state index is 5.06. The fraction of sp³-hybridized carbons (Fsp3) is 0.766. The van der Waals surface area contributed by atoms with Crippen molar-refractivity contribution in [3.63, 3.8) is 0 Å². The van der Waals surface area contributed by atoms with E-state index in [4.69, 9.17) is 8.75 Å². The smallest absolute Gasteiger partial charge is 0.113 e. The molecule has 6 aromatic rings. The molecule has 2 aliphatic carbocycles. The van der Waals surface area contributed by atoms with Crippen molar-refractivity contribution in [2.75, 3.05) is 0 Å². The highest BCUT2D eigenvalue weighted by molar-refractivity contribution is 7.28. The van der Waals surface area contributed by atoms with Gasteiger partial charge in [-0.15, -0.1) is 34.0 Å². The molecule has 4 aromatic heterocycles. The zero-order valence-electron chi connectivity index (χ0n) is 66.2. The standard InChI is InChI=1S/C94H152N2S4/c1-7-11-15-19-23-27-31-35-39-43-47-51-55-59-63-71-93(72-64-60-56-52-48-44-40-36-32-28-24-20-16-12-8-2)82-75-78(6)97-89(82)80-69-70-81-86-92(99-90(81)85(80)93)91-83(76-84(98-91)79-68-67-77(5)87-88(79)96-100-95-87)94(86,73-65-61-57-53-49-45-41-37-33-29-25-21-17-13-9-3)74-66-62-58-54-50-46-42-38-34-30-26-22-18-14-10-4/h67-70,75-76H,7-66,71-74H2,1-6H3. The molecule has 2 aliphatic rings. The highest BCUT2D eigenvalue weighted by Crippen LogP contribution is 2.67. The van der Waals surface area contributed by atoms with Gasteiger partial charge in [0.15, 0.2) is 0 Å². The Morgan fingerprint density at radius 2 is 0.590 bits per heavy atom. The van der Waals surface area contributed by atoms with E-state index < -0.39 is 0 Å². The van der Waals surface area contributed by atoms with Crippen LogP contribution in [-0.4, -0.2) is 8.75 Å². The van der Waals surface area contributed by atoms with Crippen LogP contribution < -0.4 is 0 Å². The van der Waals surface area contributed by atoms with Crippen molar-refractivity contribution in [2.45, 2.75) is 463 Å². The molecule has 0 radical (unpaired) electrons. The van der Waals surface area contributed by atoms with Crippen molar-refractivity contribution in [3.8, 4) is 30.6 Å². The summed E-state index contributed by atoms with van der Waals surface area (Å²) in [6.45, 7) is 14.0. The normalized spacial score (nSPS) is 13.6. The van der Waals surface area contributed by atoms with Crippen LogP contribution in [-0.2, 0) is 10.8 Å². The van der Waals surface area contributed by atoms with Gasteiger partial charge in [-0.05, 0) is 90.4 Å². The number of rotatable bonds is 65. The summed E-state index contributed by atoms with van der Waals surface area (Å²) in [7, 11) is 0. The van der Waals surface area contributed by atoms with Gasteiger partial charge in [0.1, 0.15) is 11.0 Å². The van der Waals surface area contributed by atoms with Gasteiger partial charge in [-0.3, -0.25) is 0 Å². The van der Waals surface area contributed by atoms with E-state index in [1.165, 1.54) is 444 Å². The second-order valence-corrected chi connectivity index (χ2v) is 36.8. The number of aryl methyl sites for hydroxylation is 2. The third-order valence-corrected chi connectivity index (χ3v) is 28.8. The van der Waals surface area contributed by atoms with Crippen molar-refractivity contribution in [1.29, 1.82) is 0 Å². The van der Waals surface area contributed by atoms with Crippen LogP contribution in [0.4, 0.5) is 0 Å². The van der Waals surface area contributed by atoms with Crippen molar-refractivity contribution in [3.05, 3.63) is 69.1 Å². The number of aromatic nitrogens is 2. The third-order valence-electron chi connectivity index (χ3n) is 24.6. The first kappa shape index (κ1) is 83.3. The van der Waals surface area contributed by atoms with E-state index in [1.54, 1.807) is 52.5 Å². The number of nitrogens with zero attached hydrogens (tertiary/aromatic N) is 2. The molecular weight excluding hydrogens is 1290 g/mol. The molecule has 4 heterocycles. The lowest BCUT2D eigenvalue weighted by atomic mass is 9.68. The minimum Gasteiger partial charge on any atom is -0.173 e. The Hall–Kier alpha value is -2.38. The maximum atomic E-state index is 5.06. The average molecular weight is 1440 g/mol. The molecule has 0 amide bonds. The number of hydrogen-bond donors (Lipinski definition) is 0. The number of thiophene rings is 3. The van der Waals surface area contributed by atoms with Gasteiger partial charge in [0.25, 0.3) is 0 Å². The van der Waals surface area contributed by atoms with Crippen molar-refractivity contribution >= 4 is 66.9 Å². The molecule has 2 nitrogen and oxygen atoms in total. The molecule has 0 spiro atoms. The minimum absolute atomic E-state index is 0.0221. The molecule has 0 N–H and O–H groups in total. The van der Waals surface area contributed by atoms with Gasteiger partial charge in [0.2, 0.25) is 0 Å². The third kappa shape index (κ3) is 26.0. The highest BCUT2D eigenvalue weighted by Gasteiger charge is 2.50. The summed E-state index contributed by atoms with van der Waals surface area (Å²) >= 11 is 7.93. The molecule has 0 fully saturated rings. The number of unbranched alkanes of at least 4 members (excludes halogenated alkanes) is 56. The second kappa shape index (κ2) is 49.5. The first-order chi connectivity index (χ1) is 49.4. The fourth-order valence-corrected chi connectivity index (χ4v) is 23.3. The predicted molar refractivity (Wildman–Crippen MR) is 454 cm³/mol. The maximum Gasteiger partial charge on any atom is 0.113 e. The van der Waals surface area contributed by atoms with Gasteiger partial charge < -0.3 is 0 Å². The van der Waals surface area contributed by atoms with Crippen molar-refractivity contribution < 1.29 is 0 Å². The topological polar surface area (TPSA) is 25.8 Å². The van der Waals surface area contributed by atoms with Gasteiger partial charge in [-0.1, -0.05) is 437 Å².